The van der Waals surface area contributed by atoms with E-state index < -0.39 is 0 Å². The van der Waals surface area contributed by atoms with Crippen LogP contribution in [0.5, 0.6) is 0 Å². The van der Waals surface area contributed by atoms with E-state index in [0.717, 1.165) is 15.1 Å². The Morgan fingerprint density at radius 1 is 1.53 bits per heavy atom. The van der Waals surface area contributed by atoms with Gasteiger partial charge in [-0.05, 0) is 40.8 Å². The maximum Gasteiger partial charge on any atom is 0.128 e. The lowest BCUT2D eigenvalue weighted by Gasteiger charge is -2.08. The quantitative estimate of drug-likeness (QED) is 0.845. The number of hydrogen-bond donors (Lipinski definition) is 1. The lowest BCUT2D eigenvalue weighted by Crippen LogP contribution is -2.07. The minimum Gasteiger partial charge on any atom is -0.377 e. The molecule has 0 fully saturated rings. The molecule has 0 aliphatic rings. The predicted molar refractivity (Wildman–Crippen MR) is 74.7 cm³/mol. The smallest absolute Gasteiger partial charge is 0.128 e. The molecule has 1 heterocycles. The summed E-state index contributed by atoms with van der Waals surface area (Å²) < 4.78 is 15.5. The molecule has 1 aromatic carbocycles. The molecule has 17 heavy (non-hydrogen) atoms. The second-order valence-electron chi connectivity index (χ2n) is 3.53. The molecule has 3 nitrogen and oxygen atoms in total. The standard InChI is InChI=1S/C11H10ClFIN3/c1-17-10(12)5-16-11(17)6-15-9-3-2-7(13)4-8(9)14/h2-5,15H,6H2,1H3. The molecule has 0 bridgehead atoms. The van der Waals surface area contributed by atoms with Crippen molar-refractivity contribution in [3.63, 3.8) is 0 Å². The van der Waals surface area contributed by atoms with E-state index in [1.165, 1.54) is 12.1 Å². The first-order valence-corrected chi connectivity index (χ1v) is 6.38. The van der Waals surface area contributed by atoms with Crippen molar-refractivity contribution in [3.8, 4) is 0 Å². The first-order chi connectivity index (χ1) is 8.08. The molecule has 0 saturated carbocycles. The highest BCUT2D eigenvalue weighted by Gasteiger charge is 2.05. The predicted octanol–water partition coefficient (Wildman–Crippen LogP) is 3.43. The van der Waals surface area contributed by atoms with Gasteiger partial charge in [0.25, 0.3) is 0 Å². The molecular formula is C11H10ClFIN3. The van der Waals surface area contributed by atoms with E-state index in [1.54, 1.807) is 16.8 Å². The van der Waals surface area contributed by atoms with E-state index in [4.69, 9.17) is 11.6 Å². The number of anilines is 1. The van der Waals surface area contributed by atoms with Crippen LogP contribution in [-0.2, 0) is 13.6 Å². The number of benzene rings is 1. The molecule has 2 aromatic rings. The van der Waals surface area contributed by atoms with Crippen LogP contribution in [0.3, 0.4) is 0 Å². The molecule has 90 valence electrons. The third-order valence-electron chi connectivity index (χ3n) is 2.40. The van der Waals surface area contributed by atoms with Gasteiger partial charge < -0.3 is 9.88 Å². The van der Waals surface area contributed by atoms with Gasteiger partial charge in [-0.25, -0.2) is 9.37 Å². The van der Waals surface area contributed by atoms with Gasteiger partial charge in [0.1, 0.15) is 16.8 Å². The lowest BCUT2D eigenvalue weighted by atomic mass is 10.3. The highest BCUT2D eigenvalue weighted by atomic mass is 127. The van der Waals surface area contributed by atoms with Gasteiger partial charge in [-0.15, -0.1) is 0 Å². The topological polar surface area (TPSA) is 29.9 Å². The van der Waals surface area contributed by atoms with Crippen LogP contribution in [0.2, 0.25) is 5.15 Å². The fraction of sp³-hybridized carbons (Fsp3) is 0.182. The molecule has 6 heteroatoms. The van der Waals surface area contributed by atoms with E-state index in [0.29, 0.717) is 11.7 Å². The Balaban J connectivity index is 2.10. The zero-order valence-electron chi connectivity index (χ0n) is 9.04. The highest BCUT2D eigenvalue weighted by molar-refractivity contribution is 14.1. The van der Waals surface area contributed by atoms with Crippen molar-refractivity contribution in [2.24, 2.45) is 7.05 Å². The Labute approximate surface area is 117 Å². The van der Waals surface area contributed by atoms with Crippen LogP contribution in [-0.4, -0.2) is 9.55 Å². The number of aromatic nitrogens is 2. The molecule has 0 unspecified atom stereocenters. The van der Waals surface area contributed by atoms with Crippen molar-refractivity contribution in [1.29, 1.82) is 0 Å². The first kappa shape index (κ1) is 12.6. The summed E-state index contributed by atoms with van der Waals surface area (Å²) in [6.45, 7) is 0.546. The molecule has 1 N–H and O–H groups in total. The molecule has 0 atom stereocenters. The van der Waals surface area contributed by atoms with E-state index in [1.807, 2.05) is 7.05 Å². The third-order valence-corrected chi connectivity index (χ3v) is 3.64. The number of imidazole rings is 1. The number of nitrogens with one attached hydrogen (secondary N) is 1. The molecule has 0 amide bonds. The fourth-order valence-corrected chi connectivity index (χ4v) is 2.21. The Morgan fingerprint density at radius 2 is 2.29 bits per heavy atom. The molecule has 0 saturated heterocycles. The van der Waals surface area contributed by atoms with Gasteiger partial charge in [0.15, 0.2) is 0 Å². The number of hydrogen-bond acceptors (Lipinski definition) is 2. The van der Waals surface area contributed by atoms with Gasteiger partial charge in [-0.2, -0.15) is 0 Å². The second-order valence-corrected chi connectivity index (χ2v) is 5.08. The highest BCUT2D eigenvalue weighted by Crippen LogP contribution is 2.20. The summed E-state index contributed by atoms with van der Waals surface area (Å²) in [4.78, 5) is 4.17. The monoisotopic (exact) mass is 365 g/mol. The molecule has 1 aromatic heterocycles. The van der Waals surface area contributed by atoms with Crippen LogP contribution >= 0.6 is 34.2 Å². The van der Waals surface area contributed by atoms with E-state index in [2.05, 4.69) is 32.9 Å². The van der Waals surface area contributed by atoms with E-state index >= 15 is 0 Å². The average Bonchev–Trinajstić information content (AvgIpc) is 2.59. The number of nitrogens with zero attached hydrogens (tertiary/aromatic N) is 2. The summed E-state index contributed by atoms with van der Waals surface area (Å²) in [6, 6.07) is 4.62. The maximum absolute atomic E-state index is 12.9. The van der Waals surface area contributed by atoms with Crippen LogP contribution in [0.25, 0.3) is 0 Å². The maximum atomic E-state index is 12.9. The van der Waals surface area contributed by atoms with Gasteiger partial charge in [0.05, 0.1) is 12.7 Å². The Morgan fingerprint density at radius 3 is 2.88 bits per heavy atom. The molecule has 2 rings (SSSR count). The SMILES string of the molecule is Cn1c(Cl)cnc1CNc1ccc(F)cc1I. The Bertz CT molecular complexity index is 542. The molecule has 0 aliphatic heterocycles. The summed E-state index contributed by atoms with van der Waals surface area (Å²) in [7, 11) is 1.85. The van der Waals surface area contributed by atoms with E-state index in [9.17, 15) is 4.39 Å². The van der Waals surface area contributed by atoms with Crippen molar-refractivity contribution in [2.75, 3.05) is 5.32 Å². The second kappa shape index (κ2) is 5.22. The Kier molecular flexibility index (Phi) is 3.88. The van der Waals surface area contributed by atoms with Gasteiger partial charge in [0.2, 0.25) is 0 Å². The van der Waals surface area contributed by atoms with Crippen molar-refractivity contribution < 1.29 is 4.39 Å². The third kappa shape index (κ3) is 2.90. The number of rotatable bonds is 3. The molecule has 0 spiro atoms. The summed E-state index contributed by atoms with van der Waals surface area (Å²) in [5, 5.41) is 3.79. The lowest BCUT2D eigenvalue weighted by molar-refractivity contribution is 0.627. The van der Waals surface area contributed by atoms with Crippen LogP contribution in [0.4, 0.5) is 10.1 Å². The largest absolute Gasteiger partial charge is 0.377 e. The zero-order chi connectivity index (χ0) is 12.4. The van der Waals surface area contributed by atoms with Crippen molar-refractivity contribution >= 4 is 39.9 Å². The normalized spacial score (nSPS) is 10.6. The summed E-state index contributed by atoms with van der Waals surface area (Å²) in [5.41, 5.74) is 0.881. The van der Waals surface area contributed by atoms with Crippen molar-refractivity contribution in [3.05, 3.63) is 44.8 Å². The van der Waals surface area contributed by atoms with Crippen molar-refractivity contribution in [2.45, 2.75) is 6.54 Å². The Hall–Kier alpha value is -0.820. The summed E-state index contributed by atoms with van der Waals surface area (Å²) in [6.07, 6.45) is 1.61. The van der Waals surface area contributed by atoms with Crippen LogP contribution in [0, 0.1) is 9.39 Å². The molecule has 0 aliphatic carbocycles. The summed E-state index contributed by atoms with van der Waals surface area (Å²) >= 11 is 7.97. The van der Waals surface area contributed by atoms with Gasteiger partial charge in [-0.3, -0.25) is 0 Å². The fourth-order valence-electron chi connectivity index (χ4n) is 1.40. The van der Waals surface area contributed by atoms with Gasteiger partial charge >= 0.3 is 0 Å². The summed E-state index contributed by atoms with van der Waals surface area (Å²) in [5.74, 6) is 0.593. The first-order valence-electron chi connectivity index (χ1n) is 4.93. The van der Waals surface area contributed by atoms with Crippen LogP contribution in [0.1, 0.15) is 5.82 Å². The van der Waals surface area contributed by atoms with E-state index in [-0.39, 0.29) is 5.82 Å². The minimum absolute atomic E-state index is 0.236. The zero-order valence-corrected chi connectivity index (χ0v) is 12.0. The van der Waals surface area contributed by atoms with Gasteiger partial charge in [-0.1, -0.05) is 11.6 Å². The minimum atomic E-state index is -0.236. The average molecular weight is 366 g/mol. The van der Waals surface area contributed by atoms with Gasteiger partial charge in [0, 0.05) is 16.3 Å². The molecular weight excluding hydrogens is 355 g/mol. The van der Waals surface area contributed by atoms with Crippen LogP contribution < -0.4 is 5.32 Å². The molecule has 0 radical (unpaired) electrons. The van der Waals surface area contributed by atoms with Crippen LogP contribution in [0.15, 0.2) is 24.4 Å². The van der Waals surface area contributed by atoms with Crippen molar-refractivity contribution in [1.82, 2.24) is 9.55 Å². The number of halogens is 3.